The molecule has 1 aliphatic heterocycles. The number of hydrogen-bond donors (Lipinski definition) is 1. The van der Waals surface area contributed by atoms with Crippen LogP contribution in [-0.2, 0) is 9.59 Å². The van der Waals surface area contributed by atoms with Crippen molar-refractivity contribution in [2.75, 3.05) is 6.54 Å². The Morgan fingerprint density at radius 3 is 2.62 bits per heavy atom. The summed E-state index contributed by atoms with van der Waals surface area (Å²) in [5, 5.41) is 7.45. The Balaban J connectivity index is 1.41. The standard InChI is InChI=1S/C22H27FN4O2/c1-14(20-12-24-27(15(20)2)19-9-7-17(23)8-10-19)25-22(29)16-11-21(28)26(13-16)18-5-3-4-6-18/h7-10,12,14,16,18H,3-6,11,13H2,1-2H3,(H,25,29). The van der Waals surface area contributed by atoms with Gasteiger partial charge in [0, 0.05) is 30.3 Å². The number of rotatable bonds is 5. The van der Waals surface area contributed by atoms with Crippen molar-refractivity contribution in [2.24, 2.45) is 5.92 Å². The summed E-state index contributed by atoms with van der Waals surface area (Å²) in [6.07, 6.45) is 6.47. The zero-order chi connectivity index (χ0) is 20.5. The number of carbonyl (C=O) groups excluding carboxylic acids is 2. The summed E-state index contributed by atoms with van der Waals surface area (Å²) >= 11 is 0. The van der Waals surface area contributed by atoms with E-state index in [4.69, 9.17) is 0 Å². The highest BCUT2D eigenvalue weighted by Gasteiger charge is 2.39. The van der Waals surface area contributed by atoms with Gasteiger partial charge in [-0.3, -0.25) is 9.59 Å². The van der Waals surface area contributed by atoms with Crippen LogP contribution in [0.3, 0.4) is 0 Å². The number of aromatic nitrogens is 2. The number of amides is 2. The molecule has 29 heavy (non-hydrogen) atoms. The molecular formula is C22H27FN4O2. The maximum Gasteiger partial charge on any atom is 0.225 e. The predicted octanol–water partition coefficient (Wildman–Crippen LogP) is 3.29. The van der Waals surface area contributed by atoms with Gasteiger partial charge in [-0.25, -0.2) is 9.07 Å². The van der Waals surface area contributed by atoms with E-state index in [1.807, 2.05) is 18.7 Å². The summed E-state index contributed by atoms with van der Waals surface area (Å²) < 4.78 is 14.9. The highest BCUT2D eigenvalue weighted by Crippen LogP contribution is 2.30. The van der Waals surface area contributed by atoms with Gasteiger partial charge in [-0.2, -0.15) is 5.10 Å². The first-order valence-electron chi connectivity index (χ1n) is 10.3. The summed E-state index contributed by atoms with van der Waals surface area (Å²) in [7, 11) is 0. The van der Waals surface area contributed by atoms with Crippen molar-refractivity contribution >= 4 is 11.8 Å². The lowest BCUT2D eigenvalue weighted by molar-refractivity contribution is -0.130. The summed E-state index contributed by atoms with van der Waals surface area (Å²) in [6.45, 7) is 4.37. The lowest BCUT2D eigenvalue weighted by Crippen LogP contribution is -2.37. The van der Waals surface area contributed by atoms with E-state index >= 15 is 0 Å². The van der Waals surface area contributed by atoms with Crippen LogP contribution in [0.2, 0.25) is 0 Å². The largest absolute Gasteiger partial charge is 0.349 e. The minimum atomic E-state index is -0.294. The first-order chi connectivity index (χ1) is 13.9. The minimum absolute atomic E-state index is 0.0831. The molecule has 0 spiro atoms. The smallest absolute Gasteiger partial charge is 0.225 e. The second-order valence-corrected chi connectivity index (χ2v) is 8.19. The fraction of sp³-hybridized carbons (Fsp3) is 0.500. The van der Waals surface area contributed by atoms with Crippen molar-refractivity contribution < 1.29 is 14.0 Å². The quantitative estimate of drug-likeness (QED) is 0.840. The molecule has 2 aromatic rings. The van der Waals surface area contributed by atoms with Gasteiger partial charge in [0.1, 0.15) is 5.82 Å². The third kappa shape index (κ3) is 3.91. The molecule has 1 aliphatic carbocycles. The molecule has 2 unspecified atom stereocenters. The molecule has 1 saturated carbocycles. The third-order valence-corrected chi connectivity index (χ3v) is 6.24. The van der Waals surface area contributed by atoms with E-state index in [9.17, 15) is 14.0 Å². The van der Waals surface area contributed by atoms with Crippen LogP contribution in [0.15, 0.2) is 30.5 Å². The number of nitrogens with zero attached hydrogens (tertiary/aromatic N) is 3. The lowest BCUT2D eigenvalue weighted by atomic mass is 10.1. The SMILES string of the molecule is Cc1c(C(C)NC(=O)C2CC(=O)N(C3CCCC3)C2)cnn1-c1ccc(F)cc1. The highest BCUT2D eigenvalue weighted by molar-refractivity contribution is 5.89. The summed E-state index contributed by atoms with van der Waals surface area (Å²) in [5.41, 5.74) is 2.56. The second kappa shape index (κ2) is 7.97. The van der Waals surface area contributed by atoms with E-state index in [-0.39, 0.29) is 29.6 Å². The maximum atomic E-state index is 13.2. The van der Waals surface area contributed by atoms with Gasteiger partial charge >= 0.3 is 0 Å². The van der Waals surface area contributed by atoms with Crippen LogP contribution in [0.25, 0.3) is 5.69 Å². The topological polar surface area (TPSA) is 67.2 Å². The number of likely N-dealkylation sites (tertiary alicyclic amines) is 1. The number of nitrogens with one attached hydrogen (secondary N) is 1. The molecule has 2 atom stereocenters. The molecule has 1 saturated heterocycles. The average Bonchev–Trinajstić information content (AvgIpc) is 3.42. The fourth-order valence-electron chi connectivity index (χ4n) is 4.58. The molecule has 4 rings (SSSR count). The molecule has 154 valence electrons. The molecule has 2 fully saturated rings. The van der Waals surface area contributed by atoms with Gasteiger partial charge in [0.15, 0.2) is 0 Å². The zero-order valence-corrected chi connectivity index (χ0v) is 16.9. The van der Waals surface area contributed by atoms with Crippen molar-refractivity contribution in [2.45, 2.75) is 58.0 Å². The van der Waals surface area contributed by atoms with Crippen molar-refractivity contribution in [3.63, 3.8) is 0 Å². The first-order valence-corrected chi connectivity index (χ1v) is 10.3. The van der Waals surface area contributed by atoms with Crippen LogP contribution in [0.1, 0.15) is 56.3 Å². The van der Waals surface area contributed by atoms with Crippen molar-refractivity contribution in [1.82, 2.24) is 20.0 Å². The number of benzene rings is 1. The van der Waals surface area contributed by atoms with Gasteiger partial charge in [0.2, 0.25) is 11.8 Å². The normalized spacial score (nSPS) is 21.0. The first kappa shape index (κ1) is 19.6. The molecule has 2 aliphatic rings. The number of halogens is 1. The molecular weight excluding hydrogens is 371 g/mol. The number of carbonyl (C=O) groups is 2. The molecule has 1 aromatic carbocycles. The Kier molecular flexibility index (Phi) is 5.39. The molecule has 2 heterocycles. The van der Waals surface area contributed by atoms with Crippen LogP contribution < -0.4 is 5.32 Å². The lowest BCUT2D eigenvalue weighted by Gasteiger charge is -2.24. The van der Waals surface area contributed by atoms with Crippen molar-refractivity contribution in [3.8, 4) is 5.69 Å². The fourth-order valence-corrected chi connectivity index (χ4v) is 4.58. The van der Waals surface area contributed by atoms with E-state index in [0.29, 0.717) is 19.0 Å². The second-order valence-electron chi connectivity index (χ2n) is 8.19. The van der Waals surface area contributed by atoms with E-state index in [1.54, 1.807) is 23.0 Å². The van der Waals surface area contributed by atoms with E-state index in [0.717, 1.165) is 29.8 Å². The molecule has 1 aromatic heterocycles. The molecule has 7 heteroatoms. The summed E-state index contributed by atoms with van der Waals surface area (Å²) in [4.78, 5) is 27.1. The zero-order valence-electron chi connectivity index (χ0n) is 16.9. The van der Waals surface area contributed by atoms with Crippen molar-refractivity contribution in [3.05, 3.63) is 47.5 Å². The molecule has 0 bridgehead atoms. The third-order valence-electron chi connectivity index (χ3n) is 6.24. The van der Waals surface area contributed by atoms with E-state index in [1.165, 1.54) is 25.0 Å². The Labute approximate surface area is 170 Å². The highest BCUT2D eigenvalue weighted by atomic mass is 19.1. The van der Waals surface area contributed by atoms with Crippen LogP contribution in [-0.4, -0.2) is 39.1 Å². The van der Waals surface area contributed by atoms with Gasteiger partial charge in [0.25, 0.3) is 0 Å². The molecule has 2 amide bonds. The minimum Gasteiger partial charge on any atom is -0.349 e. The maximum absolute atomic E-state index is 13.2. The van der Waals surface area contributed by atoms with Gasteiger partial charge in [-0.15, -0.1) is 0 Å². The summed E-state index contributed by atoms with van der Waals surface area (Å²) in [5.74, 6) is -0.569. The van der Waals surface area contributed by atoms with Gasteiger partial charge < -0.3 is 10.2 Å². The Bertz CT molecular complexity index is 902. The van der Waals surface area contributed by atoms with Crippen LogP contribution in [0.4, 0.5) is 4.39 Å². The van der Waals surface area contributed by atoms with Gasteiger partial charge in [0.05, 0.1) is 23.8 Å². The Morgan fingerprint density at radius 2 is 1.93 bits per heavy atom. The van der Waals surface area contributed by atoms with E-state index < -0.39 is 0 Å². The van der Waals surface area contributed by atoms with Crippen LogP contribution in [0.5, 0.6) is 0 Å². The van der Waals surface area contributed by atoms with Gasteiger partial charge in [-0.05, 0) is 51.0 Å². The number of hydrogen-bond acceptors (Lipinski definition) is 3. The summed E-state index contributed by atoms with van der Waals surface area (Å²) in [6, 6.07) is 6.22. The van der Waals surface area contributed by atoms with E-state index in [2.05, 4.69) is 10.4 Å². The molecule has 1 N–H and O–H groups in total. The van der Waals surface area contributed by atoms with Crippen LogP contribution in [0, 0.1) is 18.7 Å². The molecule has 0 radical (unpaired) electrons. The monoisotopic (exact) mass is 398 g/mol. The average molecular weight is 398 g/mol. The Hall–Kier alpha value is -2.70. The van der Waals surface area contributed by atoms with Crippen molar-refractivity contribution in [1.29, 1.82) is 0 Å². The van der Waals surface area contributed by atoms with Crippen LogP contribution >= 0.6 is 0 Å². The van der Waals surface area contributed by atoms with Gasteiger partial charge in [-0.1, -0.05) is 12.8 Å². The Morgan fingerprint density at radius 1 is 1.24 bits per heavy atom. The molecule has 6 nitrogen and oxygen atoms in total. The predicted molar refractivity (Wildman–Crippen MR) is 107 cm³/mol.